The van der Waals surface area contributed by atoms with Gasteiger partial charge < -0.3 is 9.47 Å². The van der Waals surface area contributed by atoms with E-state index in [-0.39, 0.29) is 17.3 Å². The van der Waals surface area contributed by atoms with Crippen LogP contribution in [-0.4, -0.2) is 24.8 Å². The highest BCUT2D eigenvalue weighted by molar-refractivity contribution is 5.86. The van der Waals surface area contributed by atoms with Crippen molar-refractivity contribution in [3.63, 3.8) is 0 Å². The number of allylic oxidation sites excluding steroid dienone is 2. The Morgan fingerprint density at radius 2 is 1.96 bits per heavy atom. The maximum absolute atomic E-state index is 12.5. The van der Waals surface area contributed by atoms with Gasteiger partial charge in [0.15, 0.2) is 11.6 Å². The summed E-state index contributed by atoms with van der Waals surface area (Å²) in [7, 11) is 1.73. The lowest BCUT2D eigenvalue weighted by atomic mass is 9.52. The van der Waals surface area contributed by atoms with Crippen molar-refractivity contribution < 1.29 is 14.3 Å². The van der Waals surface area contributed by atoms with Gasteiger partial charge in [-0.25, -0.2) is 0 Å². The summed E-state index contributed by atoms with van der Waals surface area (Å²) in [6.45, 7) is 9.42. The molecule has 0 N–H and O–H groups in total. The van der Waals surface area contributed by atoms with Crippen LogP contribution >= 0.6 is 0 Å². The van der Waals surface area contributed by atoms with E-state index >= 15 is 0 Å². The molecule has 3 heteroatoms. The highest BCUT2D eigenvalue weighted by Crippen LogP contribution is 2.68. The first kappa shape index (κ1) is 15.8. The highest BCUT2D eigenvalue weighted by atomic mass is 16.7. The Kier molecular flexibility index (Phi) is 3.23. The number of hydrogen-bond acceptors (Lipinski definition) is 3. The minimum Gasteiger partial charge on any atom is -0.352 e. The second kappa shape index (κ2) is 4.70. The summed E-state index contributed by atoms with van der Waals surface area (Å²) in [6, 6.07) is 0. The van der Waals surface area contributed by atoms with Crippen molar-refractivity contribution in [2.45, 2.75) is 78.1 Å². The lowest BCUT2D eigenvalue weighted by molar-refractivity contribution is -0.316. The molecule has 0 unspecified atom stereocenters. The third-order valence-corrected chi connectivity index (χ3v) is 7.70. The van der Waals surface area contributed by atoms with Crippen LogP contribution in [0.3, 0.4) is 0 Å². The number of carbonyl (C=O) groups excluding carboxylic acids is 1. The molecule has 0 aromatic heterocycles. The Morgan fingerprint density at radius 3 is 2.61 bits per heavy atom. The number of hydrogen-bond donors (Lipinski definition) is 0. The molecule has 1 saturated carbocycles. The maximum atomic E-state index is 12.5. The molecule has 2 aliphatic carbocycles. The zero-order valence-corrected chi connectivity index (χ0v) is 15.2. The maximum Gasteiger partial charge on any atom is 0.181 e. The van der Waals surface area contributed by atoms with E-state index in [4.69, 9.17) is 9.47 Å². The predicted molar refractivity (Wildman–Crippen MR) is 88.9 cm³/mol. The minimum absolute atomic E-state index is 0.0796. The van der Waals surface area contributed by atoms with E-state index in [1.807, 2.05) is 0 Å². The zero-order chi connectivity index (χ0) is 16.6. The summed E-state index contributed by atoms with van der Waals surface area (Å²) in [4.78, 5) is 12.5. The third-order valence-electron chi connectivity index (χ3n) is 7.70. The van der Waals surface area contributed by atoms with Gasteiger partial charge >= 0.3 is 0 Å². The standard InChI is InChI=1S/C20H30O3/c1-12(2)13-6-7-18(3)8-9-19(4)14(17(13)18)10-16-15(21)11-20(19,22-5)23-16/h12,14,16H,6-11H2,1-5H3/t14-,16-,18-,19-,20-/m1/s1. The first-order chi connectivity index (χ1) is 10.8. The van der Waals surface area contributed by atoms with Gasteiger partial charge in [0, 0.05) is 12.5 Å². The quantitative estimate of drug-likeness (QED) is 0.714. The number of rotatable bonds is 2. The van der Waals surface area contributed by atoms with Gasteiger partial charge in [-0.05, 0) is 49.4 Å². The van der Waals surface area contributed by atoms with Crippen molar-refractivity contribution in [2.24, 2.45) is 22.7 Å². The van der Waals surface area contributed by atoms with Gasteiger partial charge in [0.1, 0.15) is 6.10 Å². The van der Waals surface area contributed by atoms with Crippen molar-refractivity contribution in [1.29, 1.82) is 0 Å². The van der Waals surface area contributed by atoms with Gasteiger partial charge in [0.05, 0.1) is 6.42 Å². The third kappa shape index (κ3) is 1.81. The Bertz CT molecular complexity index is 592. The number of ketones is 1. The molecule has 0 radical (unpaired) electrons. The number of methoxy groups -OCH3 is 1. The van der Waals surface area contributed by atoms with Crippen LogP contribution in [0.15, 0.2) is 11.1 Å². The molecule has 0 amide bonds. The van der Waals surface area contributed by atoms with Crippen LogP contribution in [-0.2, 0) is 14.3 Å². The van der Waals surface area contributed by atoms with Crippen molar-refractivity contribution in [3.8, 4) is 0 Å². The molecule has 0 spiro atoms. The van der Waals surface area contributed by atoms with Crippen LogP contribution in [0, 0.1) is 22.7 Å². The summed E-state index contributed by atoms with van der Waals surface area (Å²) in [5.74, 6) is 0.584. The second-order valence-corrected chi connectivity index (χ2v) is 9.07. The molecular weight excluding hydrogens is 288 g/mol. The molecule has 3 fully saturated rings. The number of fused-ring (bicyclic) bond motifs is 6. The normalized spacial score (nSPS) is 48.9. The molecule has 2 aliphatic heterocycles. The van der Waals surface area contributed by atoms with Crippen molar-refractivity contribution >= 4 is 5.78 Å². The van der Waals surface area contributed by atoms with E-state index < -0.39 is 5.79 Å². The van der Waals surface area contributed by atoms with E-state index in [0.717, 1.165) is 12.8 Å². The van der Waals surface area contributed by atoms with Gasteiger partial charge in [-0.3, -0.25) is 4.79 Å². The molecular formula is C20H30O3. The Hall–Kier alpha value is -0.670. The zero-order valence-electron chi connectivity index (χ0n) is 15.2. The van der Waals surface area contributed by atoms with Crippen molar-refractivity contribution in [3.05, 3.63) is 11.1 Å². The molecule has 5 atom stereocenters. The summed E-state index contributed by atoms with van der Waals surface area (Å²) < 4.78 is 12.1. The summed E-state index contributed by atoms with van der Waals surface area (Å²) in [5.41, 5.74) is 3.58. The van der Waals surface area contributed by atoms with Crippen LogP contribution in [0.1, 0.15) is 66.2 Å². The molecule has 2 saturated heterocycles. The number of carbonyl (C=O) groups is 1. The van der Waals surface area contributed by atoms with Crippen molar-refractivity contribution in [1.82, 2.24) is 0 Å². The fourth-order valence-electron chi connectivity index (χ4n) is 6.20. The van der Waals surface area contributed by atoms with E-state index in [9.17, 15) is 4.79 Å². The molecule has 2 bridgehead atoms. The molecule has 2 heterocycles. The lowest BCUT2D eigenvalue weighted by Crippen LogP contribution is -2.59. The molecule has 128 valence electrons. The second-order valence-electron chi connectivity index (χ2n) is 9.07. The smallest absolute Gasteiger partial charge is 0.181 e. The van der Waals surface area contributed by atoms with Gasteiger partial charge in [0.2, 0.25) is 0 Å². The molecule has 3 nitrogen and oxygen atoms in total. The van der Waals surface area contributed by atoms with Gasteiger partial charge in [-0.15, -0.1) is 0 Å². The molecule has 4 rings (SSSR count). The van der Waals surface area contributed by atoms with Gasteiger partial charge in [0.25, 0.3) is 0 Å². The van der Waals surface area contributed by atoms with Crippen LogP contribution in [0.4, 0.5) is 0 Å². The van der Waals surface area contributed by atoms with E-state index in [2.05, 4.69) is 27.7 Å². The molecule has 0 aromatic carbocycles. The summed E-state index contributed by atoms with van der Waals surface area (Å²) in [5, 5.41) is 0. The van der Waals surface area contributed by atoms with Gasteiger partial charge in [-0.2, -0.15) is 0 Å². The van der Waals surface area contributed by atoms with Crippen LogP contribution in [0.2, 0.25) is 0 Å². The first-order valence-corrected chi connectivity index (χ1v) is 9.25. The lowest BCUT2D eigenvalue weighted by Gasteiger charge is -2.58. The largest absolute Gasteiger partial charge is 0.352 e. The van der Waals surface area contributed by atoms with Crippen molar-refractivity contribution in [2.75, 3.05) is 7.11 Å². The highest BCUT2D eigenvalue weighted by Gasteiger charge is 2.68. The minimum atomic E-state index is -0.698. The van der Waals surface area contributed by atoms with Crippen LogP contribution in [0.25, 0.3) is 0 Å². The first-order valence-electron chi connectivity index (χ1n) is 9.25. The number of ether oxygens (including phenoxy) is 2. The van der Waals surface area contributed by atoms with Crippen LogP contribution in [0.5, 0.6) is 0 Å². The topological polar surface area (TPSA) is 35.5 Å². The Balaban J connectivity index is 1.87. The average Bonchev–Trinajstić information content (AvgIpc) is 2.99. The fraction of sp³-hybridized carbons (Fsp3) is 0.850. The monoisotopic (exact) mass is 318 g/mol. The van der Waals surface area contributed by atoms with E-state index in [0.29, 0.717) is 23.7 Å². The van der Waals surface area contributed by atoms with Crippen LogP contribution < -0.4 is 0 Å². The Labute approximate surface area is 139 Å². The average molecular weight is 318 g/mol. The molecule has 0 aromatic rings. The summed E-state index contributed by atoms with van der Waals surface area (Å²) >= 11 is 0. The molecule has 4 aliphatic rings. The summed E-state index contributed by atoms with van der Waals surface area (Å²) in [6.07, 6.45) is 5.84. The van der Waals surface area contributed by atoms with E-state index in [1.54, 1.807) is 18.3 Å². The Morgan fingerprint density at radius 1 is 1.22 bits per heavy atom. The number of Topliss-reactive ketones (excluding diaryl/α,β-unsaturated/α-hetero) is 1. The van der Waals surface area contributed by atoms with E-state index in [1.165, 1.54) is 19.3 Å². The predicted octanol–water partition coefficient (Wildman–Crippen LogP) is 4.26. The molecule has 23 heavy (non-hydrogen) atoms. The van der Waals surface area contributed by atoms with Gasteiger partial charge in [-0.1, -0.05) is 38.8 Å². The SMILES string of the molecule is CO[C@@]12CC(=O)[C@@H](C[C@@H]3C4=C(C(C)C)CC[C@]4(C)CC[C@]31C)O2. The fourth-order valence-corrected chi connectivity index (χ4v) is 6.20.